The van der Waals surface area contributed by atoms with Gasteiger partial charge in [0.15, 0.2) is 0 Å². The Morgan fingerprint density at radius 3 is 2.38 bits per heavy atom. The average molecular weight is 296 g/mol. The Labute approximate surface area is 129 Å². The van der Waals surface area contributed by atoms with Crippen molar-refractivity contribution in [2.45, 2.75) is 79.4 Å². The van der Waals surface area contributed by atoms with E-state index >= 15 is 0 Å². The Morgan fingerprint density at radius 1 is 1.19 bits per heavy atom. The van der Waals surface area contributed by atoms with Crippen LogP contribution in [0, 0.1) is 22.7 Å². The van der Waals surface area contributed by atoms with Crippen LogP contribution in [0.15, 0.2) is 0 Å². The van der Waals surface area contributed by atoms with E-state index < -0.39 is 5.41 Å². The van der Waals surface area contributed by atoms with Crippen LogP contribution in [0.1, 0.15) is 67.2 Å². The SMILES string of the molecule is CC(C)C(C)(CC(C)(C)C)C(=O)OCC1CCC2OC2C1. The third kappa shape index (κ3) is 4.21. The predicted molar refractivity (Wildman–Crippen MR) is 84.0 cm³/mol. The molecule has 1 saturated heterocycles. The molecule has 0 aromatic heterocycles. The van der Waals surface area contributed by atoms with Gasteiger partial charge in [-0.1, -0.05) is 34.6 Å². The summed E-state index contributed by atoms with van der Waals surface area (Å²) in [7, 11) is 0. The largest absolute Gasteiger partial charge is 0.465 e. The van der Waals surface area contributed by atoms with E-state index in [1.54, 1.807) is 0 Å². The van der Waals surface area contributed by atoms with E-state index in [-0.39, 0.29) is 17.3 Å². The van der Waals surface area contributed by atoms with Gasteiger partial charge in [0, 0.05) is 0 Å². The number of carbonyl (C=O) groups is 1. The van der Waals surface area contributed by atoms with Crippen molar-refractivity contribution in [3.05, 3.63) is 0 Å². The van der Waals surface area contributed by atoms with Crippen LogP contribution in [0.5, 0.6) is 0 Å². The highest BCUT2D eigenvalue weighted by Crippen LogP contribution is 2.42. The van der Waals surface area contributed by atoms with Crippen LogP contribution in [0.25, 0.3) is 0 Å². The Kier molecular flexibility index (Phi) is 4.72. The number of fused-ring (bicyclic) bond motifs is 1. The topological polar surface area (TPSA) is 38.8 Å². The summed E-state index contributed by atoms with van der Waals surface area (Å²) >= 11 is 0. The number of carbonyl (C=O) groups excluding carboxylic acids is 1. The Balaban J connectivity index is 1.88. The maximum absolute atomic E-state index is 12.7. The molecule has 4 unspecified atom stereocenters. The molecule has 122 valence electrons. The quantitative estimate of drug-likeness (QED) is 0.564. The summed E-state index contributed by atoms with van der Waals surface area (Å²) < 4.78 is 11.3. The van der Waals surface area contributed by atoms with Crippen molar-refractivity contribution < 1.29 is 14.3 Å². The van der Waals surface area contributed by atoms with Gasteiger partial charge in [-0.2, -0.15) is 0 Å². The minimum Gasteiger partial charge on any atom is -0.465 e. The van der Waals surface area contributed by atoms with E-state index in [1.165, 1.54) is 0 Å². The number of hydrogen-bond acceptors (Lipinski definition) is 3. The lowest BCUT2D eigenvalue weighted by molar-refractivity contribution is -0.161. The highest BCUT2D eigenvalue weighted by molar-refractivity contribution is 5.76. The van der Waals surface area contributed by atoms with Gasteiger partial charge < -0.3 is 9.47 Å². The number of esters is 1. The van der Waals surface area contributed by atoms with Crippen molar-refractivity contribution in [1.29, 1.82) is 0 Å². The summed E-state index contributed by atoms with van der Waals surface area (Å²) in [6, 6.07) is 0. The molecule has 0 N–H and O–H groups in total. The second-order valence-electron chi connectivity index (χ2n) is 8.80. The molecule has 3 heteroatoms. The lowest BCUT2D eigenvalue weighted by Crippen LogP contribution is -2.39. The molecule has 0 radical (unpaired) electrons. The second-order valence-corrected chi connectivity index (χ2v) is 8.80. The molecule has 4 atom stereocenters. The van der Waals surface area contributed by atoms with E-state index in [1.807, 2.05) is 0 Å². The van der Waals surface area contributed by atoms with Gasteiger partial charge in [-0.05, 0) is 49.9 Å². The molecule has 0 aromatic carbocycles. The van der Waals surface area contributed by atoms with Gasteiger partial charge in [0.1, 0.15) is 0 Å². The van der Waals surface area contributed by atoms with Crippen molar-refractivity contribution >= 4 is 5.97 Å². The Bertz CT molecular complexity index is 382. The minimum absolute atomic E-state index is 0.0220. The van der Waals surface area contributed by atoms with Gasteiger partial charge in [-0.3, -0.25) is 4.79 Å². The van der Waals surface area contributed by atoms with Gasteiger partial charge >= 0.3 is 5.97 Å². The fraction of sp³-hybridized carbons (Fsp3) is 0.944. The standard InChI is InChI=1S/C18H32O3/c1-12(2)18(6,11-17(3,4)5)16(19)20-10-13-7-8-14-15(9-13)21-14/h12-15H,7-11H2,1-6H3. The van der Waals surface area contributed by atoms with E-state index in [2.05, 4.69) is 41.5 Å². The van der Waals surface area contributed by atoms with E-state index in [4.69, 9.17) is 9.47 Å². The molecule has 1 aliphatic heterocycles. The fourth-order valence-electron chi connectivity index (χ4n) is 3.61. The van der Waals surface area contributed by atoms with E-state index in [9.17, 15) is 4.79 Å². The normalized spacial score (nSPS) is 31.5. The summed E-state index contributed by atoms with van der Waals surface area (Å²) in [5.41, 5.74) is -0.274. The highest BCUT2D eigenvalue weighted by atomic mass is 16.6. The van der Waals surface area contributed by atoms with Gasteiger partial charge in [0.25, 0.3) is 0 Å². The zero-order chi connectivity index (χ0) is 15.8. The first-order chi connectivity index (χ1) is 9.62. The summed E-state index contributed by atoms with van der Waals surface area (Å²) in [5, 5.41) is 0. The first kappa shape index (κ1) is 16.8. The zero-order valence-corrected chi connectivity index (χ0v) is 14.6. The molecular weight excluding hydrogens is 264 g/mol. The minimum atomic E-state index is -0.397. The number of ether oxygens (including phenoxy) is 2. The molecule has 1 heterocycles. The lowest BCUT2D eigenvalue weighted by Gasteiger charge is -2.37. The molecule has 1 aliphatic carbocycles. The molecule has 0 amide bonds. The highest BCUT2D eigenvalue weighted by Gasteiger charge is 2.45. The third-order valence-corrected chi connectivity index (χ3v) is 5.20. The van der Waals surface area contributed by atoms with Crippen molar-refractivity contribution in [2.24, 2.45) is 22.7 Å². The van der Waals surface area contributed by atoms with Crippen LogP contribution in [0.2, 0.25) is 0 Å². The zero-order valence-electron chi connectivity index (χ0n) is 14.6. The van der Waals surface area contributed by atoms with E-state index in [0.29, 0.717) is 24.7 Å². The molecule has 2 fully saturated rings. The van der Waals surface area contributed by atoms with Crippen molar-refractivity contribution in [1.82, 2.24) is 0 Å². The Hall–Kier alpha value is -0.570. The smallest absolute Gasteiger partial charge is 0.312 e. The average Bonchev–Trinajstić information content (AvgIpc) is 3.11. The molecule has 3 nitrogen and oxygen atoms in total. The van der Waals surface area contributed by atoms with Crippen LogP contribution in [-0.2, 0) is 14.3 Å². The lowest BCUT2D eigenvalue weighted by atomic mass is 9.69. The van der Waals surface area contributed by atoms with Crippen LogP contribution in [0.3, 0.4) is 0 Å². The summed E-state index contributed by atoms with van der Waals surface area (Å²) in [5.74, 6) is 0.752. The first-order valence-corrected chi connectivity index (χ1v) is 8.44. The van der Waals surface area contributed by atoms with Crippen LogP contribution < -0.4 is 0 Å². The number of rotatable bonds is 5. The molecule has 0 bridgehead atoms. The molecule has 0 aromatic rings. The van der Waals surface area contributed by atoms with Crippen molar-refractivity contribution in [2.75, 3.05) is 6.61 Å². The molecule has 2 aliphatic rings. The van der Waals surface area contributed by atoms with Crippen LogP contribution in [0.4, 0.5) is 0 Å². The van der Waals surface area contributed by atoms with Crippen molar-refractivity contribution in [3.63, 3.8) is 0 Å². The summed E-state index contributed by atoms with van der Waals surface area (Å²) in [6.07, 6.45) is 5.15. The maximum atomic E-state index is 12.7. The number of epoxide rings is 1. The fourth-order valence-corrected chi connectivity index (χ4v) is 3.61. The summed E-state index contributed by atoms with van der Waals surface area (Å²) in [6.45, 7) is 13.4. The van der Waals surface area contributed by atoms with Gasteiger partial charge in [0.05, 0.1) is 24.2 Å². The molecular formula is C18H32O3. The van der Waals surface area contributed by atoms with Crippen molar-refractivity contribution in [3.8, 4) is 0 Å². The molecule has 2 rings (SSSR count). The van der Waals surface area contributed by atoms with Gasteiger partial charge in [-0.25, -0.2) is 0 Å². The molecule has 0 spiro atoms. The van der Waals surface area contributed by atoms with Gasteiger partial charge in [0.2, 0.25) is 0 Å². The first-order valence-electron chi connectivity index (χ1n) is 8.44. The predicted octanol–water partition coefficient (Wildman–Crippen LogP) is 4.20. The van der Waals surface area contributed by atoms with E-state index in [0.717, 1.165) is 25.7 Å². The molecule has 1 saturated carbocycles. The number of hydrogen-bond donors (Lipinski definition) is 0. The maximum Gasteiger partial charge on any atom is 0.312 e. The summed E-state index contributed by atoms with van der Waals surface area (Å²) in [4.78, 5) is 12.7. The monoisotopic (exact) mass is 296 g/mol. The van der Waals surface area contributed by atoms with Gasteiger partial charge in [-0.15, -0.1) is 0 Å². The molecule has 21 heavy (non-hydrogen) atoms. The van der Waals surface area contributed by atoms with Crippen LogP contribution in [-0.4, -0.2) is 24.8 Å². The third-order valence-electron chi connectivity index (χ3n) is 5.20. The second kappa shape index (κ2) is 5.91. The van der Waals surface area contributed by atoms with Crippen LogP contribution >= 0.6 is 0 Å². The Morgan fingerprint density at radius 2 is 1.86 bits per heavy atom.